The predicted octanol–water partition coefficient (Wildman–Crippen LogP) is 5.55. The van der Waals surface area contributed by atoms with Gasteiger partial charge in [-0.3, -0.25) is 9.59 Å². The summed E-state index contributed by atoms with van der Waals surface area (Å²) in [6.45, 7) is 0. The van der Waals surface area contributed by atoms with Crippen LogP contribution in [0.2, 0.25) is 0 Å². The van der Waals surface area contributed by atoms with Crippen LogP contribution in [0.1, 0.15) is 42.5 Å². The number of hydrogen-bond acceptors (Lipinski definition) is 3. The van der Waals surface area contributed by atoms with Gasteiger partial charge in [0.1, 0.15) is 5.82 Å². The number of aromatic nitrogens is 2. The van der Waals surface area contributed by atoms with Crippen LogP contribution >= 0.6 is 15.9 Å². The van der Waals surface area contributed by atoms with E-state index in [2.05, 4.69) is 31.7 Å². The van der Waals surface area contributed by atoms with Crippen molar-refractivity contribution in [2.24, 2.45) is 5.92 Å². The topological polar surface area (TPSA) is 76.0 Å². The lowest BCUT2D eigenvalue weighted by atomic mass is 9.88. The molecule has 1 saturated carbocycles. The summed E-state index contributed by atoms with van der Waals surface area (Å²) in [7, 11) is 0. The first-order valence-corrected chi connectivity index (χ1v) is 11.0. The molecule has 2 aromatic carbocycles. The van der Waals surface area contributed by atoms with E-state index in [0.717, 1.165) is 42.3 Å². The molecule has 160 valence electrons. The molecule has 2 amide bonds. The molecule has 0 spiro atoms. The number of nitrogens with zero attached hydrogens (tertiary/aromatic N) is 2. The zero-order valence-corrected chi connectivity index (χ0v) is 18.4. The number of halogens is 2. The van der Waals surface area contributed by atoms with E-state index >= 15 is 0 Å². The van der Waals surface area contributed by atoms with Crippen molar-refractivity contribution in [1.82, 2.24) is 9.78 Å². The Morgan fingerprint density at radius 2 is 1.77 bits per heavy atom. The molecule has 8 heteroatoms. The highest BCUT2D eigenvalue weighted by atomic mass is 79.9. The largest absolute Gasteiger partial charge is 0.323 e. The predicted molar refractivity (Wildman–Crippen MR) is 121 cm³/mol. The molecule has 0 radical (unpaired) electrons. The Labute approximate surface area is 188 Å². The van der Waals surface area contributed by atoms with Crippen molar-refractivity contribution in [3.05, 3.63) is 70.7 Å². The molecule has 4 rings (SSSR count). The van der Waals surface area contributed by atoms with Crippen molar-refractivity contribution in [2.75, 3.05) is 10.6 Å². The van der Waals surface area contributed by atoms with E-state index in [4.69, 9.17) is 0 Å². The van der Waals surface area contributed by atoms with Crippen LogP contribution in [0.4, 0.5) is 15.8 Å². The molecular formula is C23H22BrFN4O2. The monoisotopic (exact) mass is 484 g/mol. The number of anilines is 2. The van der Waals surface area contributed by atoms with Crippen LogP contribution in [0.3, 0.4) is 0 Å². The molecule has 1 aliphatic carbocycles. The van der Waals surface area contributed by atoms with Crippen molar-refractivity contribution in [1.29, 1.82) is 0 Å². The van der Waals surface area contributed by atoms with E-state index in [-0.39, 0.29) is 23.4 Å². The molecular weight excluding hydrogens is 463 g/mol. The van der Waals surface area contributed by atoms with Gasteiger partial charge in [0.15, 0.2) is 0 Å². The average molecular weight is 485 g/mol. The number of carbonyl (C=O) groups excluding carboxylic acids is 2. The molecule has 6 nitrogen and oxygen atoms in total. The zero-order chi connectivity index (χ0) is 21.8. The van der Waals surface area contributed by atoms with E-state index in [1.54, 1.807) is 35.1 Å². The van der Waals surface area contributed by atoms with Gasteiger partial charge in [-0.2, -0.15) is 5.10 Å². The summed E-state index contributed by atoms with van der Waals surface area (Å²) >= 11 is 3.35. The van der Waals surface area contributed by atoms with Crippen LogP contribution in [-0.4, -0.2) is 21.6 Å². The summed E-state index contributed by atoms with van der Waals surface area (Å²) in [6.07, 6.45) is 8.33. The third-order valence-corrected chi connectivity index (χ3v) is 5.81. The first-order valence-electron chi connectivity index (χ1n) is 10.2. The van der Waals surface area contributed by atoms with Crippen molar-refractivity contribution in [3.8, 4) is 5.69 Å². The summed E-state index contributed by atoms with van der Waals surface area (Å²) in [4.78, 5) is 25.1. The first kappa shape index (κ1) is 21.2. The lowest BCUT2D eigenvalue weighted by molar-refractivity contribution is -0.120. The van der Waals surface area contributed by atoms with Crippen LogP contribution in [0.5, 0.6) is 0 Å². The second-order valence-electron chi connectivity index (χ2n) is 7.62. The smallest absolute Gasteiger partial charge is 0.255 e. The van der Waals surface area contributed by atoms with Gasteiger partial charge in [0.2, 0.25) is 5.91 Å². The Hall–Kier alpha value is -3.00. The van der Waals surface area contributed by atoms with Crippen molar-refractivity contribution >= 4 is 39.1 Å². The molecule has 0 saturated heterocycles. The summed E-state index contributed by atoms with van der Waals surface area (Å²) in [5, 5.41) is 9.64. The minimum Gasteiger partial charge on any atom is -0.323 e. The SMILES string of the molecule is O=C(Nc1ccc(F)c(NC(=O)C2CCCCC2)c1)c1ccc(-n2cc(Br)cn2)cc1. The van der Waals surface area contributed by atoms with Gasteiger partial charge >= 0.3 is 0 Å². The second kappa shape index (κ2) is 9.43. The summed E-state index contributed by atoms with van der Waals surface area (Å²) in [5.41, 5.74) is 1.75. The number of rotatable bonds is 5. The molecule has 1 heterocycles. The fourth-order valence-electron chi connectivity index (χ4n) is 3.71. The van der Waals surface area contributed by atoms with Gasteiger partial charge in [-0.25, -0.2) is 9.07 Å². The molecule has 1 fully saturated rings. The van der Waals surface area contributed by atoms with E-state index in [1.807, 2.05) is 6.20 Å². The van der Waals surface area contributed by atoms with Crippen LogP contribution in [0.25, 0.3) is 5.69 Å². The molecule has 1 aliphatic rings. The fraction of sp³-hybridized carbons (Fsp3) is 0.261. The molecule has 2 N–H and O–H groups in total. The molecule has 0 aliphatic heterocycles. The maximum absolute atomic E-state index is 14.2. The van der Waals surface area contributed by atoms with Crippen LogP contribution in [0, 0.1) is 11.7 Å². The Morgan fingerprint density at radius 1 is 1.03 bits per heavy atom. The number of hydrogen-bond donors (Lipinski definition) is 2. The van der Waals surface area contributed by atoms with E-state index < -0.39 is 5.82 Å². The molecule has 3 aromatic rings. The maximum Gasteiger partial charge on any atom is 0.255 e. The van der Waals surface area contributed by atoms with Crippen molar-refractivity contribution in [2.45, 2.75) is 32.1 Å². The average Bonchev–Trinajstić information content (AvgIpc) is 3.23. The van der Waals surface area contributed by atoms with E-state index in [1.165, 1.54) is 18.2 Å². The highest BCUT2D eigenvalue weighted by Crippen LogP contribution is 2.27. The number of carbonyl (C=O) groups is 2. The standard InChI is InChI=1S/C23H22BrFN4O2/c24-17-13-26-29(14-17)19-9-6-16(7-10-19)22(30)27-18-8-11-20(25)21(12-18)28-23(31)15-4-2-1-3-5-15/h6-15H,1-5H2,(H,27,30)(H,28,31). The molecule has 0 unspecified atom stereocenters. The van der Waals surface area contributed by atoms with Gasteiger partial charge in [0, 0.05) is 23.4 Å². The third kappa shape index (κ3) is 5.19. The Kier molecular flexibility index (Phi) is 6.46. The van der Waals surface area contributed by atoms with Gasteiger partial charge in [-0.1, -0.05) is 19.3 Å². The summed E-state index contributed by atoms with van der Waals surface area (Å²) in [5.74, 6) is -1.11. The van der Waals surface area contributed by atoms with Crippen LogP contribution in [-0.2, 0) is 4.79 Å². The van der Waals surface area contributed by atoms with Gasteiger partial charge in [0.25, 0.3) is 5.91 Å². The number of amides is 2. The van der Waals surface area contributed by atoms with Gasteiger partial charge in [0.05, 0.1) is 22.0 Å². The van der Waals surface area contributed by atoms with Crippen LogP contribution < -0.4 is 10.6 Å². The quantitative estimate of drug-likeness (QED) is 0.498. The summed E-state index contributed by atoms with van der Waals surface area (Å²) in [6, 6.07) is 11.1. The van der Waals surface area contributed by atoms with Gasteiger partial charge < -0.3 is 10.6 Å². The summed E-state index contributed by atoms with van der Waals surface area (Å²) < 4.78 is 16.8. The highest BCUT2D eigenvalue weighted by molar-refractivity contribution is 9.10. The lowest BCUT2D eigenvalue weighted by Gasteiger charge is -2.21. The fourth-order valence-corrected chi connectivity index (χ4v) is 3.99. The minimum absolute atomic E-state index is 0.0768. The molecule has 0 atom stereocenters. The van der Waals surface area contributed by atoms with Crippen molar-refractivity contribution < 1.29 is 14.0 Å². The van der Waals surface area contributed by atoms with Gasteiger partial charge in [-0.05, 0) is 71.2 Å². The van der Waals surface area contributed by atoms with Crippen molar-refractivity contribution in [3.63, 3.8) is 0 Å². The van der Waals surface area contributed by atoms with Crippen LogP contribution in [0.15, 0.2) is 59.3 Å². The number of nitrogens with one attached hydrogen (secondary N) is 2. The third-order valence-electron chi connectivity index (χ3n) is 5.40. The zero-order valence-electron chi connectivity index (χ0n) is 16.8. The number of benzene rings is 2. The first-order chi connectivity index (χ1) is 15.0. The molecule has 0 bridgehead atoms. The second-order valence-corrected chi connectivity index (χ2v) is 8.54. The van der Waals surface area contributed by atoms with E-state index in [0.29, 0.717) is 11.3 Å². The Bertz CT molecular complexity index is 1090. The Balaban J connectivity index is 1.43. The highest BCUT2D eigenvalue weighted by Gasteiger charge is 2.22. The van der Waals surface area contributed by atoms with Gasteiger partial charge in [-0.15, -0.1) is 0 Å². The maximum atomic E-state index is 14.2. The molecule has 1 aromatic heterocycles. The Morgan fingerprint density at radius 3 is 2.45 bits per heavy atom. The normalized spacial score (nSPS) is 14.3. The van der Waals surface area contributed by atoms with E-state index in [9.17, 15) is 14.0 Å². The minimum atomic E-state index is -0.531. The lowest BCUT2D eigenvalue weighted by Crippen LogP contribution is -2.25. The molecule has 31 heavy (non-hydrogen) atoms.